The SMILES string of the molecule is N#CC(C#N)=C(C#N)Nc1cccc2occc12. The van der Waals surface area contributed by atoms with Gasteiger partial charge in [0.1, 0.15) is 29.5 Å². The lowest BCUT2D eigenvalue weighted by Crippen LogP contribution is -2.00. The Hall–Kier alpha value is -3.23. The van der Waals surface area contributed by atoms with Crippen molar-refractivity contribution in [3.63, 3.8) is 0 Å². The molecule has 1 heterocycles. The van der Waals surface area contributed by atoms with E-state index in [0.717, 1.165) is 5.39 Å². The quantitative estimate of drug-likeness (QED) is 0.805. The van der Waals surface area contributed by atoms with Gasteiger partial charge in [-0.05, 0) is 18.2 Å². The first kappa shape index (κ1) is 11.3. The molecule has 0 spiro atoms. The van der Waals surface area contributed by atoms with Gasteiger partial charge in [0.2, 0.25) is 0 Å². The minimum Gasteiger partial charge on any atom is -0.464 e. The second-order valence-corrected chi connectivity index (χ2v) is 3.35. The van der Waals surface area contributed by atoms with Crippen LogP contribution in [0, 0.1) is 34.0 Å². The molecule has 0 atom stereocenters. The average Bonchev–Trinajstić information content (AvgIpc) is 2.88. The average molecular weight is 234 g/mol. The van der Waals surface area contributed by atoms with Crippen LogP contribution >= 0.6 is 0 Å². The molecule has 1 aromatic heterocycles. The van der Waals surface area contributed by atoms with Crippen LogP contribution in [0.2, 0.25) is 0 Å². The van der Waals surface area contributed by atoms with Gasteiger partial charge in [-0.2, -0.15) is 15.8 Å². The second-order valence-electron chi connectivity index (χ2n) is 3.35. The highest BCUT2D eigenvalue weighted by atomic mass is 16.3. The van der Waals surface area contributed by atoms with E-state index in [-0.39, 0.29) is 11.3 Å². The molecule has 1 aromatic carbocycles. The number of benzene rings is 1. The van der Waals surface area contributed by atoms with Crippen molar-refractivity contribution in [3.8, 4) is 18.2 Å². The number of hydrogen-bond donors (Lipinski definition) is 1. The van der Waals surface area contributed by atoms with E-state index in [1.807, 2.05) is 0 Å². The molecule has 0 saturated heterocycles. The Balaban J connectivity index is 2.50. The molecule has 18 heavy (non-hydrogen) atoms. The Bertz CT molecular complexity index is 734. The lowest BCUT2D eigenvalue weighted by atomic mass is 10.2. The Labute approximate surface area is 103 Å². The first-order chi connectivity index (χ1) is 8.80. The van der Waals surface area contributed by atoms with Crippen molar-refractivity contribution in [3.05, 3.63) is 41.8 Å². The van der Waals surface area contributed by atoms with Gasteiger partial charge in [0.15, 0.2) is 5.57 Å². The Morgan fingerprint density at radius 1 is 1.06 bits per heavy atom. The number of nitrogens with one attached hydrogen (secondary N) is 1. The summed E-state index contributed by atoms with van der Waals surface area (Å²) in [5.74, 6) is 0. The van der Waals surface area contributed by atoms with Crippen molar-refractivity contribution >= 4 is 16.7 Å². The van der Waals surface area contributed by atoms with Gasteiger partial charge in [0.25, 0.3) is 0 Å². The molecule has 0 aliphatic rings. The summed E-state index contributed by atoms with van der Waals surface area (Å²) in [7, 11) is 0. The fourth-order valence-electron chi connectivity index (χ4n) is 1.52. The smallest absolute Gasteiger partial charge is 0.163 e. The lowest BCUT2D eigenvalue weighted by Gasteiger charge is -2.05. The normalized spacial score (nSPS) is 8.94. The third-order valence-electron chi connectivity index (χ3n) is 2.34. The van der Waals surface area contributed by atoms with E-state index in [4.69, 9.17) is 20.2 Å². The molecule has 84 valence electrons. The molecule has 5 heteroatoms. The Kier molecular flexibility index (Phi) is 2.96. The lowest BCUT2D eigenvalue weighted by molar-refractivity contribution is 0.616. The molecule has 0 aliphatic heterocycles. The van der Waals surface area contributed by atoms with Crippen molar-refractivity contribution in [2.75, 3.05) is 5.32 Å². The van der Waals surface area contributed by atoms with E-state index in [9.17, 15) is 0 Å². The number of fused-ring (bicyclic) bond motifs is 1. The van der Waals surface area contributed by atoms with Gasteiger partial charge in [0, 0.05) is 5.39 Å². The predicted octanol–water partition coefficient (Wildman–Crippen LogP) is 2.67. The molecule has 1 N–H and O–H groups in total. The zero-order valence-electron chi connectivity index (χ0n) is 9.14. The molecule has 5 nitrogen and oxygen atoms in total. The largest absolute Gasteiger partial charge is 0.464 e. The van der Waals surface area contributed by atoms with Gasteiger partial charge in [-0.3, -0.25) is 0 Å². The number of anilines is 1. The monoisotopic (exact) mass is 234 g/mol. The molecule has 0 fully saturated rings. The summed E-state index contributed by atoms with van der Waals surface area (Å²) in [6, 6.07) is 12.2. The highest BCUT2D eigenvalue weighted by Crippen LogP contribution is 2.25. The number of hydrogen-bond acceptors (Lipinski definition) is 5. The van der Waals surface area contributed by atoms with Crippen LogP contribution in [-0.4, -0.2) is 0 Å². The number of furan rings is 1. The zero-order chi connectivity index (χ0) is 13.0. The van der Waals surface area contributed by atoms with Gasteiger partial charge in [-0.15, -0.1) is 0 Å². The predicted molar refractivity (Wildman–Crippen MR) is 63.7 cm³/mol. The van der Waals surface area contributed by atoms with Crippen molar-refractivity contribution in [2.24, 2.45) is 0 Å². The van der Waals surface area contributed by atoms with Gasteiger partial charge in [-0.25, -0.2) is 0 Å². The molecular formula is C13H6N4O. The number of allylic oxidation sites excluding steroid dienone is 2. The molecule has 0 saturated carbocycles. The first-order valence-electron chi connectivity index (χ1n) is 4.98. The van der Waals surface area contributed by atoms with E-state index in [1.54, 1.807) is 42.5 Å². The zero-order valence-corrected chi connectivity index (χ0v) is 9.14. The van der Waals surface area contributed by atoms with Crippen LogP contribution in [-0.2, 0) is 0 Å². The van der Waals surface area contributed by atoms with Crippen LogP contribution in [0.25, 0.3) is 11.0 Å². The van der Waals surface area contributed by atoms with Crippen molar-refractivity contribution in [1.29, 1.82) is 15.8 Å². The van der Waals surface area contributed by atoms with Crippen LogP contribution in [0.3, 0.4) is 0 Å². The highest BCUT2D eigenvalue weighted by molar-refractivity contribution is 5.91. The molecule has 0 radical (unpaired) electrons. The van der Waals surface area contributed by atoms with Gasteiger partial charge in [0.05, 0.1) is 12.0 Å². The van der Waals surface area contributed by atoms with E-state index >= 15 is 0 Å². The van der Waals surface area contributed by atoms with Gasteiger partial charge in [-0.1, -0.05) is 6.07 Å². The maximum atomic E-state index is 8.95. The molecule has 0 unspecified atom stereocenters. The Morgan fingerprint density at radius 3 is 2.50 bits per heavy atom. The fraction of sp³-hybridized carbons (Fsp3) is 0. The summed E-state index contributed by atoms with van der Waals surface area (Å²) in [5, 5.41) is 30.0. The summed E-state index contributed by atoms with van der Waals surface area (Å²) in [6.07, 6.45) is 1.53. The van der Waals surface area contributed by atoms with Crippen LogP contribution in [0.1, 0.15) is 0 Å². The topological polar surface area (TPSA) is 96.5 Å². The molecule has 0 bridgehead atoms. The van der Waals surface area contributed by atoms with E-state index < -0.39 is 0 Å². The third-order valence-corrected chi connectivity index (χ3v) is 2.34. The maximum absolute atomic E-state index is 8.95. The van der Waals surface area contributed by atoms with Crippen molar-refractivity contribution < 1.29 is 4.42 Å². The van der Waals surface area contributed by atoms with Gasteiger partial charge < -0.3 is 9.73 Å². The van der Waals surface area contributed by atoms with Crippen LogP contribution in [0.5, 0.6) is 0 Å². The van der Waals surface area contributed by atoms with Crippen LogP contribution in [0.15, 0.2) is 46.2 Å². The van der Waals surface area contributed by atoms with Gasteiger partial charge >= 0.3 is 0 Å². The number of rotatable bonds is 2. The minimum atomic E-state index is -0.252. The summed E-state index contributed by atoms with van der Waals surface area (Å²) in [4.78, 5) is 0. The summed E-state index contributed by atoms with van der Waals surface area (Å²) < 4.78 is 5.22. The summed E-state index contributed by atoms with van der Waals surface area (Å²) in [5.41, 5.74) is 0.945. The van der Waals surface area contributed by atoms with Crippen molar-refractivity contribution in [2.45, 2.75) is 0 Å². The minimum absolute atomic E-state index is 0.0753. The molecule has 2 rings (SSSR count). The maximum Gasteiger partial charge on any atom is 0.163 e. The molecule has 2 aromatic rings. The standard InChI is InChI=1S/C13H6N4O/c14-6-9(7-15)12(8-16)17-11-2-1-3-13-10(11)4-5-18-13/h1-5,17H. The summed E-state index contributed by atoms with van der Waals surface area (Å²) in [6.45, 7) is 0. The van der Waals surface area contributed by atoms with Crippen molar-refractivity contribution in [1.82, 2.24) is 0 Å². The molecular weight excluding hydrogens is 228 g/mol. The first-order valence-corrected chi connectivity index (χ1v) is 4.98. The Morgan fingerprint density at radius 2 is 1.83 bits per heavy atom. The van der Waals surface area contributed by atoms with Crippen LogP contribution in [0.4, 0.5) is 5.69 Å². The molecule has 0 amide bonds. The highest BCUT2D eigenvalue weighted by Gasteiger charge is 2.09. The number of nitriles is 3. The van der Waals surface area contributed by atoms with E-state index in [2.05, 4.69) is 5.32 Å². The van der Waals surface area contributed by atoms with E-state index in [0.29, 0.717) is 11.3 Å². The number of nitrogens with zero attached hydrogens (tertiary/aromatic N) is 3. The fourth-order valence-corrected chi connectivity index (χ4v) is 1.52. The third kappa shape index (κ3) is 1.87. The van der Waals surface area contributed by atoms with E-state index in [1.165, 1.54) is 6.26 Å². The second kappa shape index (κ2) is 4.74. The van der Waals surface area contributed by atoms with Crippen LogP contribution < -0.4 is 5.32 Å². The molecule has 0 aliphatic carbocycles. The summed E-state index contributed by atoms with van der Waals surface area (Å²) >= 11 is 0.